The van der Waals surface area contributed by atoms with Crippen LogP contribution in [0, 0.1) is 11.8 Å². The Bertz CT molecular complexity index is 349. The van der Waals surface area contributed by atoms with Gasteiger partial charge in [-0.3, -0.25) is 4.79 Å². The molecule has 3 aliphatic rings. The van der Waals surface area contributed by atoms with E-state index in [-0.39, 0.29) is 30.0 Å². The second-order valence-electron chi connectivity index (χ2n) is 6.20. The quantitative estimate of drug-likeness (QED) is 0.702. The smallest absolute Gasteiger partial charge is 0.229 e. The van der Waals surface area contributed by atoms with E-state index in [0.717, 1.165) is 19.3 Å². The molecule has 2 heterocycles. The molecule has 0 aromatic rings. The van der Waals surface area contributed by atoms with Crippen LogP contribution in [0.15, 0.2) is 0 Å². The Morgan fingerprint density at radius 3 is 2.75 bits per heavy atom. The fraction of sp³-hybridized carbons (Fsp3) is 0.917. The Balaban J connectivity index is 1.91. The van der Waals surface area contributed by atoms with Crippen LogP contribution in [0.3, 0.4) is 0 Å². The van der Waals surface area contributed by atoms with E-state index in [2.05, 4.69) is 0 Å². The zero-order valence-electron chi connectivity index (χ0n) is 9.81. The monoisotopic (exact) mass is 225 g/mol. The first kappa shape index (κ1) is 10.5. The Labute approximate surface area is 95.2 Å². The molecule has 1 amide bonds. The third-order valence-corrected chi connectivity index (χ3v) is 4.76. The first-order valence-corrected chi connectivity index (χ1v) is 6.06. The van der Waals surface area contributed by atoms with Crippen LogP contribution in [0.25, 0.3) is 0 Å². The van der Waals surface area contributed by atoms with Gasteiger partial charge in [-0.2, -0.15) is 0 Å². The molecule has 16 heavy (non-hydrogen) atoms. The summed E-state index contributed by atoms with van der Waals surface area (Å²) >= 11 is 0. The highest BCUT2D eigenvalue weighted by Crippen LogP contribution is 2.65. The normalized spacial score (nSPS) is 45.9. The molecule has 0 unspecified atom stereocenters. The number of aliphatic hydroxyl groups is 2. The number of aliphatic hydroxyl groups excluding tert-OH is 1. The maximum atomic E-state index is 12.3. The van der Waals surface area contributed by atoms with E-state index in [0.29, 0.717) is 5.92 Å². The molecule has 1 spiro atoms. The number of rotatable bonds is 2. The van der Waals surface area contributed by atoms with Gasteiger partial charge in [0.05, 0.1) is 24.2 Å². The summed E-state index contributed by atoms with van der Waals surface area (Å²) in [7, 11) is 0. The molecule has 0 bridgehead atoms. The van der Waals surface area contributed by atoms with Crippen molar-refractivity contribution < 1.29 is 15.0 Å². The Morgan fingerprint density at radius 2 is 2.19 bits per heavy atom. The Morgan fingerprint density at radius 1 is 1.50 bits per heavy atom. The van der Waals surface area contributed by atoms with E-state index >= 15 is 0 Å². The van der Waals surface area contributed by atoms with Crippen LogP contribution >= 0.6 is 0 Å². The lowest BCUT2D eigenvalue weighted by Gasteiger charge is -2.28. The van der Waals surface area contributed by atoms with Crippen LogP contribution in [0.2, 0.25) is 0 Å². The van der Waals surface area contributed by atoms with Crippen LogP contribution in [0.5, 0.6) is 0 Å². The molecule has 1 aliphatic carbocycles. The minimum absolute atomic E-state index is 0.00130. The molecule has 3 rings (SSSR count). The van der Waals surface area contributed by atoms with Crippen molar-refractivity contribution in [3.63, 3.8) is 0 Å². The summed E-state index contributed by atoms with van der Waals surface area (Å²) in [6.45, 7) is 3.47. The molecule has 0 aromatic carbocycles. The second kappa shape index (κ2) is 2.79. The Kier molecular flexibility index (Phi) is 1.84. The Hall–Kier alpha value is -0.610. The highest BCUT2D eigenvalue weighted by Gasteiger charge is 2.72. The maximum absolute atomic E-state index is 12.3. The zero-order chi connectivity index (χ0) is 11.7. The summed E-state index contributed by atoms with van der Waals surface area (Å²) in [4.78, 5) is 14.2. The number of hydrogen-bond donors (Lipinski definition) is 2. The second-order valence-corrected chi connectivity index (χ2v) is 6.20. The molecule has 4 nitrogen and oxygen atoms in total. The van der Waals surface area contributed by atoms with Crippen molar-refractivity contribution in [3.05, 3.63) is 0 Å². The van der Waals surface area contributed by atoms with Gasteiger partial charge in [-0.1, -0.05) is 0 Å². The summed E-state index contributed by atoms with van der Waals surface area (Å²) in [5.41, 5.74) is -0.932. The largest absolute Gasteiger partial charge is 0.394 e. The zero-order valence-corrected chi connectivity index (χ0v) is 9.81. The fourth-order valence-electron chi connectivity index (χ4n) is 3.83. The third-order valence-electron chi connectivity index (χ3n) is 4.76. The van der Waals surface area contributed by atoms with E-state index in [1.165, 1.54) is 0 Å². The molecular formula is C12H19NO3. The first-order chi connectivity index (χ1) is 7.40. The van der Waals surface area contributed by atoms with Gasteiger partial charge in [-0.15, -0.1) is 0 Å². The SMILES string of the molecule is CC(C)(O)[C@@H]1C[C@]23C[C@H]2C[C@H](CO)N3C1=O. The van der Waals surface area contributed by atoms with Crippen molar-refractivity contribution in [2.75, 3.05) is 6.61 Å². The summed E-state index contributed by atoms with van der Waals surface area (Å²) in [5.74, 6) is 0.333. The summed E-state index contributed by atoms with van der Waals surface area (Å²) in [6.07, 6.45) is 2.79. The summed E-state index contributed by atoms with van der Waals surface area (Å²) < 4.78 is 0. The molecule has 4 atom stereocenters. The van der Waals surface area contributed by atoms with E-state index in [4.69, 9.17) is 0 Å². The van der Waals surface area contributed by atoms with E-state index in [1.807, 2.05) is 4.90 Å². The molecule has 2 saturated heterocycles. The van der Waals surface area contributed by atoms with Gasteiger partial charge >= 0.3 is 0 Å². The molecule has 1 saturated carbocycles. The van der Waals surface area contributed by atoms with Gasteiger partial charge in [0.25, 0.3) is 0 Å². The van der Waals surface area contributed by atoms with Gasteiger partial charge in [-0.25, -0.2) is 0 Å². The van der Waals surface area contributed by atoms with Crippen LogP contribution in [0.4, 0.5) is 0 Å². The average Bonchev–Trinajstić information content (AvgIpc) is 2.61. The standard InChI is InChI=1S/C12H19NO3/c1-11(2,16)9-5-12-4-7(12)3-8(6-14)13(12)10(9)15/h7-9,14,16H,3-6H2,1-2H3/t7-,8-,9-,12-/m1/s1. The number of nitrogens with zero attached hydrogens (tertiary/aromatic N) is 1. The lowest BCUT2D eigenvalue weighted by Crippen LogP contribution is -2.44. The number of amides is 1. The van der Waals surface area contributed by atoms with Gasteiger partial charge in [0.1, 0.15) is 0 Å². The molecule has 90 valence electrons. The molecule has 0 radical (unpaired) electrons. The van der Waals surface area contributed by atoms with Crippen molar-refractivity contribution >= 4 is 5.91 Å². The summed E-state index contributed by atoms with van der Waals surface area (Å²) in [6, 6.07) is -0.00130. The van der Waals surface area contributed by atoms with Crippen molar-refractivity contribution in [1.29, 1.82) is 0 Å². The topological polar surface area (TPSA) is 60.8 Å². The van der Waals surface area contributed by atoms with Crippen LogP contribution in [-0.2, 0) is 4.79 Å². The predicted octanol–water partition coefficient (Wildman–Crippen LogP) is 0.129. The molecule has 2 N–H and O–H groups in total. The average molecular weight is 225 g/mol. The number of hydrogen-bond acceptors (Lipinski definition) is 3. The number of carbonyl (C=O) groups is 1. The van der Waals surface area contributed by atoms with Crippen molar-refractivity contribution in [2.45, 2.75) is 50.3 Å². The molecule has 4 heteroatoms. The van der Waals surface area contributed by atoms with Crippen molar-refractivity contribution in [2.24, 2.45) is 11.8 Å². The molecular weight excluding hydrogens is 206 g/mol. The van der Waals surface area contributed by atoms with Crippen LogP contribution < -0.4 is 0 Å². The first-order valence-electron chi connectivity index (χ1n) is 6.06. The van der Waals surface area contributed by atoms with E-state index < -0.39 is 5.60 Å². The molecule has 2 aliphatic heterocycles. The molecule has 0 aromatic heterocycles. The van der Waals surface area contributed by atoms with E-state index in [9.17, 15) is 15.0 Å². The van der Waals surface area contributed by atoms with Gasteiger partial charge < -0.3 is 15.1 Å². The van der Waals surface area contributed by atoms with Gasteiger partial charge in [0.15, 0.2) is 0 Å². The summed E-state index contributed by atoms with van der Waals surface area (Å²) in [5, 5.41) is 19.3. The number of carbonyl (C=O) groups excluding carboxylic acids is 1. The number of piperidine rings is 1. The highest BCUT2D eigenvalue weighted by atomic mass is 16.3. The lowest BCUT2D eigenvalue weighted by atomic mass is 9.87. The fourth-order valence-corrected chi connectivity index (χ4v) is 3.83. The van der Waals surface area contributed by atoms with Crippen LogP contribution in [0.1, 0.15) is 33.1 Å². The minimum atomic E-state index is -0.941. The van der Waals surface area contributed by atoms with Gasteiger partial charge in [0.2, 0.25) is 5.91 Å². The van der Waals surface area contributed by atoms with Gasteiger partial charge in [-0.05, 0) is 39.0 Å². The predicted molar refractivity (Wildman–Crippen MR) is 57.6 cm³/mol. The van der Waals surface area contributed by atoms with Gasteiger partial charge in [0, 0.05) is 5.54 Å². The molecule has 3 fully saturated rings. The van der Waals surface area contributed by atoms with Crippen LogP contribution in [-0.4, -0.2) is 44.8 Å². The highest BCUT2D eigenvalue weighted by molar-refractivity contribution is 5.85. The van der Waals surface area contributed by atoms with Crippen molar-refractivity contribution in [1.82, 2.24) is 4.90 Å². The van der Waals surface area contributed by atoms with Crippen molar-refractivity contribution in [3.8, 4) is 0 Å². The third kappa shape index (κ3) is 1.09. The maximum Gasteiger partial charge on any atom is 0.229 e. The minimum Gasteiger partial charge on any atom is -0.394 e. The lowest BCUT2D eigenvalue weighted by molar-refractivity contribution is -0.140. The van der Waals surface area contributed by atoms with E-state index in [1.54, 1.807) is 13.8 Å².